The van der Waals surface area contributed by atoms with E-state index in [-0.39, 0.29) is 11.9 Å². The van der Waals surface area contributed by atoms with E-state index in [9.17, 15) is 4.79 Å². The second-order valence-corrected chi connectivity index (χ2v) is 7.41. The summed E-state index contributed by atoms with van der Waals surface area (Å²) in [6.45, 7) is 7.17. The van der Waals surface area contributed by atoms with Crippen LogP contribution in [-0.4, -0.2) is 36.7 Å². The molecule has 0 radical (unpaired) electrons. The van der Waals surface area contributed by atoms with Gasteiger partial charge in [0.2, 0.25) is 0 Å². The molecule has 0 spiro atoms. The van der Waals surface area contributed by atoms with Gasteiger partial charge in [0, 0.05) is 25.0 Å². The average molecular weight is 363 g/mol. The summed E-state index contributed by atoms with van der Waals surface area (Å²) in [7, 11) is 2.00. The molecule has 1 amide bonds. The van der Waals surface area contributed by atoms with Crippen LogP contribution in [-0.2, 0) is 20.0 Å². The minimum absolute atomic E-state index is 0.0705. The number of benzene rings is 1. The Morgan fingerprint density at radius 1 is 1.15 bits per heavy atom. The lowest BCUT2D eigenvalue weighted by atomic mass is 10.0. The molecule has 27 heavy (non-hydrogen) atoms. The zero-order chi connectivity index (χ0) is 19.1. The third kappa shape index (κ3) is 3.05. The van der Waals surface area contributed by atoms with Crippen LogP contribution in [0.1, 0.15) is 45.0 Å². The van der Waals surface area contributed by atoms with Crippen LogP contribution in [0.2, 0.25) is 0 Å². The van der Waals surface area contributed by atoms with Crippen LogP contribution in [0.4, 0.5) is 0 Å². The summed E-state index contributed by atoms with van der Waals surface area (Å²) >= 11 is 0. The van der Waals surface area contributed by atoms with E-state index < -0.39 is 0 Å². The summed E-state index contributed by atoms with van der Waals surface area (Å²) in [5.74, 6) is 1.84. The van der Waals surface area contributed by atoms with Crippen molar-refractivity contribution in [2.45, 2.75) is 39.8 Å². The first kappa shape index (κ1) is 17.5. The molecule has 0 bridgehead atoms. The minimum Gasteiger partial charge on any atom is -0.351 e. The Morgan fingerprint density at radius 2 is 1.89 bits per heavy atom. The van der Waals surface area contributed by atoms with Gasteiger partial charge >= 0.3 is 0 Å². The Balaban J connectivity index is 1.66. The van der Waals surface area contributed by atoms with Crippen molar-refractivity contribution in [2.75, 3.05) is 6.54 Å². The van der Waals surface area contributed by atoms with Gasteiger partial charge < -0.3 is 14.0 Å². The first-order chi connectivity index (χ1) is 13.0. The fraction of sp³-hybridized carbons (Fsp3) is 0.381. The van der Waals surface area contributed by atoms with Crippen LogP contribution in [0.3, 0.4) is 0 Å². The van der Waals surface area contributed by atoms with Crippen molar-refractivity contribution in [1.82, 2.24) is 24.2 Å². The molecule has 3 aromatic rings. The molecule has 0 N–H and O–H groups in total. The van der Waals surface area contributed by atoms with E-state index in [2.05, 4.69) is 43.6 Å². The van der Waals surface area contributed by atoms with E-state index >= 15 is 0 Å². The predicted octanol–water partition coefficient (Wildman–Crippen LogP) is 2.98. The highest BCUT2D eigenvalue weighted by Gasteiger charge is 2.32. The number of rotatable bonds is 3. The third-order valence-corrected chi connectivity index (χ3v) is 5.67. The third-order valence-electron chi connectivity index (χ3n) is 5.67. The Labute approximate surface area is 159 Å². The quantitative estimate of drug-likeness (QED) is 0.719. The second-order valence-electron chi connectivity index (χ2n) is 7.41. The molecule has 0 unspecified atom stereocenters. The molecule has 1 aromatic carbocycles. The number of aryl methyl sites for hydroxylation is 2. The zero-order valence-corrected chi connectivity index (χ0v) is 16.3. The Kier molecular flexibility index (Phi) is 4.34. The van der Waals surface area contributed by atoms with Crippen LogP contribution in [0.5, 0.6) is 0 Å². The zero-order valence-electron chi connectivity index (χ0n) is 16.3. The van der Waals surface area contributed by atoms with Crippen LogP contribution >= 0.6 is 0 Å². The molecule has 1 aliphatic rings. The van der Waals surface area contributed by atoms with Crippen molar-refractivity contribution >= 4 is 5.91 Å². The normalized spacial score (nSPS) is 16.4. The molecular weight excluding hydrogens is 338 g/mol. The summed E-state index contributed by atoms with van der Waals surface area (Å²) in [6.07, 6.45) is 0.850. The first-order valence-corrected chi connectivity index (χ1v) is 9.32. The van der Waals surface area contributed by atoms with Crippen molar-refractivity contribution in [3.63, 3.8) is 0 Å². The van der Waals surface area contributed by atoms with Crippen LogP contribution < -0.4 is 0 Å². The van der Waals surface area contributed by atoms with Crippen LogP contribution in [0.25, 0.3) is 0 Å². The molecule has 1 aliphatic heterocycles. The Morgan fingerprint density at radius 3 is 2.56 bits per heavy atom. The summed E-state index contributed by atoms with van der Waals surface area (Å²) < 4.78 is 4.26. The predicted molar refractivity (Wildman–Crippen MR) is 104 cm³/mol. The molecule has 0 aliphatic carbocycles. The number of fused-ring (bicyclic) bond motifs is 1. The van der Waals surface area contributed by atoms with Crippen molar-refractivity contribution in [3.8, 4) is 0 Å². The molecule has 0 saturated heterocycles. The molecule has 1 atom stereocenters. The van der Waals surface area contributed by atoms with E-state index in [1.165, 1.54) is 5.56 Å². The number of amides is 1. The van der Waals surface area contributed by atoms with Gasteiger partial charge in [-0.05, 0) is 38.8 Å². The van der Waals surface area contributed by atoms with E-state index in [4.69, 9.17) is 0 Å². The molecule has 0 saturated carbocycles. The lowest BCUT2D eigenvalue weighted by molar-refractivity contribution is 0.0671. The summed E-state index contributed by atoms with van der Waals surface area (Å²) in [5, 5.41) is 8.60. The van der Waals surface area contributed by atoms with Crippen LogP contribution in [0.15, 0.2) is 36.4 Å². The van der Waals surface area contributed by atoms with Crippen molar-refractivity contribution in [3.05, 3.63) is 70.6 Å². The highest BCUT2D eigenvalue weighted by Crippen LogP contribution is 2.27. The molecule has 140 valence electrons. The van der Waals surface area contributed by atoms with E-state index in [1.807, 2.05) is 44.9 Å². The van der Waals surface area contributed by atoms with Crippen LogP contribution in [0, 0.1) is 20.8 Å². The van der Waals surface area contributed by atoms with E-state index in [0.29, 0.717) is 13.1 Å². The topological polar surface area (TPSA) is 56.0 Å². The molecule has 4 rings (SSSR count). The molecule has 6 nitrogen and oxygen atoms in total. The van der Waals surface area contributed by atoms with E-state index in [0.717, 1.165) is 35.0 Å². The molecular formula is C21H25N5O. The van der Waals surface area contributed by atoms with Gasteiger partial charge in [0.25, 0.3) is 5.91 Å². The second kappa shape index (κ2) is 6.68. The molecule has 6 heteroatoms. The average Bonchev–Trinajstić information content (AvgIpc) is 3.17. The van der Waals surface area contributed by atoms with Crippen molar-refractivity contribution in [1.29, 1.82) is 0 Å². The standard InChI is InChI=1S/C21H25N5O/c1-14-10-19(15(2)24(14)4)21(27)25-12-18(11-17-8-6-5-7-9-17)26-16(3)22-23-20(26)13-25/h5-10,18H,11-13H2,1-4H3/t18-/m1/s1. The largest absolute Gasteiger partial charge is 0.351 e. The number of aromatic nitrogens is 4. The van der Waals surface area contributed by atoms with Gasteiger partial charge in [-0.25, -0.2) is 0 Å². The maximum Gasteiger partial charge on any atom is 0.256 e. The van der Waals surface area contributed by atoms with Crippen molar-refractivity contribution in [2.24, 2.45) is 7.05 Å². The monoisotopic (exact) mass is 363 g/mol. The number of carbonyl (C=O) groups is 1. The maximum atomic E-state index is 13.3. The Hall–Kier alpha value is -2.89. The van der Waals surface area contributed by atoms with Gasteiger partial charge in [0.15, 0.2) is 5.82 Å². The lowest BCUT2D eigenvalue weighted by Gasteiger charge is -2.34. The number of hydrogen-bond donors (Lipinski definition) is 0. The number of nitrogens with zero attached hydrogens (tertiary/aromatic N) is 5. The highest BCUT2D eigenvalue weighted by atomic mass is 16.2. The molecule has 3 heterocycles. The van der Waals surface area contributed by atoms with Gasteiger partial charge in [0.05, 0.1) is 18.2 Å². The molecule has 2 aromatic heterocycles. The summed E-state index contributed by atoms with van der Waals surface area (Å²) in [5.41, 5.74) is 4.12. The van der Waals surface area contributed by atoms with Gasteiger partial charge in [0.1, 0.15) is 5.82 Å². The van der Waals surface area contributed by atoms with Crippen molar-refractivity contribution < 1.29 is 4.79 Å². The van der Waals surface area contributed by atoms with Gasteiger partial charge in [-0.2, -0.15) is 0 Å². The number of carbonyl (C=O) groups excluding carboxylic acids is 1. The number of hydrogen-bond acceptors (Lipinski definition) is 3. The van der Waals surface area contributed by atoms with E-state index in [1.54, 1.807) is 0 Å². The Bertz CT molecular complexity index is 986. The first-order valence-electron chi connectivity index (χ1n) is 9.32. The summed E-state index contributed by atoms with van der Waals surface area (Å²) in [6, 6.07) is 12.5. The summed E-state index contributed by atoms with van der Waals surface area (Å²) in [4.78, 5) is 15.2. The fourth-order valence-electron chi connectivity index (χ4n) is 4.01. The molecule has 0 fully saturated rings. The smallest absolute Gasteiger partial charge is 0.256 e. The van der Waals surface area contributed by atoms with Gasteiger partial charge in [-0.3, -0.25) is 4.79 Å². The lowest BCUT2D eigenvalue weighted by Crippen LogP contribution is -2.42. The fourth-order valence-corrected chi connectivity index (χ4v) is 4.01. The maximum absolute atomic E-state index is 13.3. The van der Waals surface area contributed by atoms with Gasteiger partial charge in [-0.1, -0.05) is 30.3 Å². The minimum atomic E-state index is 0.0705. The van der Waals surface area contributed by atoms with Gasteiger partial charge in [-0.15, -0.1) is 10.2 Å². The highest BCUT2D eigenvalue weighted by molar-refractivity contribution is 5.95. The SMILES string of the molecule is Cc1cc(C(=O)N2Cc3nnc(C)n3[C@H](Cc3ccccc3)C2)c(C)n1C.